The largest absolute Gasteiger partial charge is 0.497 e. The Morgan fingerprint density at radius 1 is 0.844 bits per heavy atom. The van der Waals surface area contributed by atoms with Gasteiger partial charge in [0.25, 0.3) is 0 Å². The third kappa shape index (κ3) is 4.42. The number of hydrogen-bond acceptors (Lipinski definition) is 5. The maximum atomic E-state index is 12.6. The van der Waals surface area contributed by atoms with Gasteiger partial charge in [0.2, 0.25) is 0 Å². The van der Waals surface area contributed by atoms with Gasteiger partial charge in [0.1, 0.15) is 17.1 Å². The van der Waals surface area contributed by atoms with Crippen molar-refractivity contribution in [3.8, 4) is 22.6 Å². The number of ether oxygens (including phenoxy) is 2. The zero-order valence-electron chi connectivity index (χ0n) is 18.5. The van der Waals surface area contributed by atoms with Crippen molar-refractivity contribution in [2.24, 2.45) is 0 Å². The molecular weight excluding hydrogens is 404 g/mol. The van der Waals surface area contributed by atoms with Crippen LogP contribution in [0.5, 0.6) is 11.5 Å². The second-order valence-corrected chi connectivity index (χ2v) is 8.59. The van der Waals surface area contributed by atoms with E-state index in [0.717, 1.165) is 16.5 Å². The van der Waals surface area contributed by atoms with E-state index in [1.807, 2.05) is 12.1 Å². The molecule has 4 rings (SSSR count). The lowest BCUT2D eigenvalue weighted by Gasteiger charge is -2.18. The summed E-state index contributed by atoms with van der Waals surface area (Å²) >= 11 is 0. The van der Waals surface area contributed by atoms with Crippen molar-refractivity contribution in [1.82, 2.24) is 0 Å². The molecule has 0 aliphatic rings. The van der Waals surface area contributed by atoms with Crippen molar-refractivity contribution in [1.29, 1.82) is 0 Å². The molecule has 5 heteroatoms. The number of esters is 1. The zero-order valence-corrected chi connectivity index (χ0v) is 18.5. The molecule has 0 spiro atoms. The van der Waals surface area contributed by atoms with E-state index in [1.165, 1.54) is 0 Å². The molecule has 0 bridgehead atoms. The zero-order chi connectivity index (χ0) is 22.9. The summed E-state index contributed by atoms with van der Waals surface area (Å²) in [5, 5.41) is 0.727. The van der Waals surface area contributed by atoms with Crippen LogP contribution in [0.1, 0.15) is 36.7 Å². The maximum Gasteiger partial charge on any atom is 0.344 e. The average molecular weight is 428 g/mol. The molecule has 0 aliphatic heterocycles. The normalized spacial score (nSPS) is 11.4. The minimum atomic E-state index is -0.470. The summed E-state index contributed by atoms with van der Waals surface area (Å²) in [5.41, 5.74) is 2.65. The van der Waals surface area contributed by atoms with Crippen LogP contribution in [0.3, 0.4) is 0 Å². The molecule has 5 nitrogen and oxygen atoms in total. The fourth-order valence-corrected chi connectivity index (χ4v) is 3.40. The van der Waals surface area contributed by atoms with Crippen LogP contribution in [-0.4, -0.2) is 13.1 Å². The predicted octanol–water partition coefficient (Wildman–Crippen LogP) is 5.99. The molecule has 1 aromatic heterocycles. The van der Waals surface area contributed by atoms with Crippen molar-refractivity contribution < 1.29 is 18.7 Å². The summed E-state index contributed by atoms with van der Waals surface area (Å²) in [6, 6.07) is 21.3. The van der Waals surface area contributed by atoms with E-state index in [0.29, 0.717) is 28.2 Å². The lowest BCUT2D eigenvalue weighted by Crippen LogP contribution is -2.13. The highest BCUT2D eigenvalue weighted by Gasteiger charge is 2.16. The molecule has 4 aromatic rings. The first-order valence-electron chi connectivity index (χ1n) is 10.3. The lowest BCUT2D eigenvalue weighted by molar-refractivity contribution is 0.0735. The predicted molar refractivity (Wildman–Crippen MR) is 125 cm³/mol. The second-order valence-electron chi connectivity index (χ2n) is 8.59. The van der Waals surface area contributed by atoms with Gasteiger partial charge in [-0.1, -0.05) is 45.0 Å². The number of benzene rings is 3. The number of methoxy groups -OCH3 is 1. The van der Waals surface area contributed by atoms with Crippen molar-refractivity contribution in [3.63, 3.8) is 0 Å². The molecule has 1 heterocycles. The molecule has 0 amide bonds. The molecule has 162 valence electrons. The maximum absolute atomic E-state index is 12.6. The summed E-state index contributed by atoms with van der Waals surface area (Å²) in [6.07, 6.45) is 0. The highest BCUT2D eigenvalue weighted by atomic mass is 16.5. The first kappa shape index (κ1) is 21.4. The number of fused-ring (bicyclic) bond motifs is 1. The third-order valence-electron chi connectivity index (χ3n) is 5.31. The molecule has 32 heavy (non-hydrogen) atoms. The first-order valence-corrected chi connectivity index (χ1v) is 10.3. The molecule has 0 aliphatic carbocycles. The van der Waals surface area contributed by atoms with Gasteiger partial charge in [-0.25, -0.2) is 9.59 Å². The SMILES string of the molecule is COc1ccc(-c2cc3ccc(OC(=O)c4ccc(C(C)(C)C)cc4)cc3oc2=O)cc1. The van der Waals surface area contributed by atoms with Crippen LogP contribution in [0.4, 0.5) is 0 Å². The Labute approximate surface area is 186 Å². The highest BCUT2D eigenvalue weighted by molar-refractivity contribution is 5.92. The van der Waals surface area contributed by atoms with Crippen LogP contribution in [0.25, 0.3) is 22.1 Å². The molecule has 3 aromatic carbocycles. The van der Waals surface area contributed by atoms with Gasteiger partial charge in [-0.3, -0.25) is 0 Å². The Bertz CT molecular complexity index is 1320. The van der Waals surface area contributed by atoms with E-state index in [-0.39, 0.29) is 5.41 Å². The minimum absolute atomic E-state index is 0.00297. The van der Waals surface area contributed by atoms with Gasteiger partial charge in [-0.05, 0) is 59.0 Å². The van der Waals surface area contributed by atoms with Crippen LogP contribution in [0, 0.1) is 0 Å². The van der Waals surface area contributed by atoms with Crippen LogP contribution in [0.2, 0.25) is 0 Å². The monoisotopic (exact) mass is 428 g/mol. The Balaban J connectivity index is 1.58. The summed E-state index contributed by atoms with van der Waals surface area (Å²) in [7, 11) is 1.59. The fraction of sp³-hybridized carbons (Fsp3) is 0.185. The van der Waals surface area contributed by atoms with Crippen molar-refractivity contribution >= 4 is 16.9 Å². The molecule has 0 N–H and O–H groups in total. The molecule has 0 atom stereocenters. The number of carbonyl (C=O) groups excluding carboxylic acids is 1. The third-order valence-corrected chi connectivity index (χ3v) is 5.31. The Morgan fingerprint density at radius 2 is 1.50 bits per heavy atom. The van der Waals surface area contributed by atoms with E-state index >= 15 is 0 Å². The molecule has 0 radical (unpaired) electrons. The van der Waals surface area contributed by atoms with E-state index in [9.17, 15) is 9.59 Å². The standard InChI is InChI=1S/C27H24O5/c1-27(2,3)20-10-5-18(6-11-20)25(28)31-22-14-9-19-15-23(26(29)32-24(19)16-22)17-7-12-21(30-4)13-8-17/h5-16H,1-4H3. The van der Waals surface area contributed by atoms with E-state index in [2.05, 4.69) is 20.8 Å². The molecular formula is C27H24O5. The lowest BCUT2D eigenvalue weighted by atomic mass is 9.87. The van der Waals surface area contributed by atoms with Gasteiger partial charge in [-0.15, -0.1) is 0 Å². The number of carbonyl (C=O) groups is 1. The van der Waals surface area contributed by atoms with E-state index in [4.69, 9.17) is 13.9 Å². The van der Waals surface area contributed by atoms with Crippen LogP contribution in [-0.2, 0) is 5.41 Å². The summed E-state index contributed by atoms with van der Waals surface area (Å²) < 4.78 is 16.2. The number of hydrogen-bond donors (Lipinski definition) is 0. The van der Waals surface area contributed by atoms with Gasteiger partial charge < -0.3 is 13.9 Å². The molecule has 0 fully saturated rings. The summed E-state index contributed by atoms with van der Waals surface area (Å²) in [5.74, 6) is 0.545. The summed E-state index contributed by atoms with van der Waals surface area (Å²) in [4.78, 5) is 25.1. The Kier molecular flexibility index (Phi) is 5.57. The van der Waals surface area contributed by atoms with Crippen LogP contribution in [0.15, 0.2) is 82.0 Å². The van der Waals surface area contributed by atoms with Gasteiger partial charge in [0.15, 0.2) is 0 Å². The van der Waals surface area contributed by atoms with Crippen molar-refractivity contribution in [2.45, 2.75) is 26.2 Å². The van der Waals surface area contributed by atoms with Gasteiger partial charge in [0.05, 0.1) is 18.2 Å². The number of rotatable bonds is 4. The van der Waals surface area contributed by atoms with Gasteiger partial charge in [0, 0.05) is 11.5 Å². The quantitative estimate of drug-likeness (QED) is 0.227. The van der Waals surface area contributed by atoms with E-state index < -0.39 is 11.6 Å². The van der Waals surface area contributed by atoms with Crippen LogP contribution >= 0.6 is 0 Å². The van der Waals surface area contributed by atoms with Crippen molar-refractivity contribution in [3.05, 3.63) is 94.3 Å². The average Bonchev–Trinajstić information content (AvgIpc) is 2.78. The Morgan fingerprint density at radius 3 is 2.12 bits per heavy atom. The van der Waals surface area contributed by atoms with Gasteiger partial charge in [-0.2, -0.15) is 0 Å². The fourth-order valence-electron chi connectivity index (χ4n) is 3.40. The highest BCUT2D eigenvalue weighted by Crippen LogP contribution is 2.27. The Hall–Kier alpha value is -3.86. The first-order chi connectivity index (χ1) is 15.2. The van der Waals surface area contributed by atoms with Crippen molar-refractivity contribution in [2.75, 3.05) is 7.11 Å². The molecule has 0 saturated heterocycles. The molecule has 0 unspecified atom stereocenters. The summed E-state index contributed by atoms with van der Waals surface area (Å²) in [6.45, 7) is 6.34. The van der Waals surface area contributed by atoms with Crippen LogP contribution < -0.4 is 15.1 Å². The second kappa shape index (κ2) is 8.35. The van der Waals surface area contributed by atoms with E-state index in [1.54, 1.807) is 67.8 Å². The van der Waals surface area contributed by atoms with Gasteiger partial charge >= 0.3 is 11.6 Å². The minimum Gasteiger partial charge on any atom is -0.497 e. The smallest absolute Gasteiger partial charge is 0.344 e. The topological polar surface area (TPSA) is 65.7 Å². The molecule has 0 saturated carbocycles.